The molecule has 0 atom stereocenters. The molecule has 3 aromatic carbocycles. The molecule has 1 heterocycles. The van der Waals surface area contributed by atoms with Crippen LogP contribution in [-0.2, 0) is 4.79 Å². The Labute approximate surface area is 225 Å². The number of carbonyl (C=O) groups is 1. The van der Waals surface area contributed by atoms with Gasteiger partial charge in [0.25, 0.3) is 5.91 Å². The van der Waals surface area contributed by atoms with Gasteiger partial charge in [-0.1, -0.05) is 65.4 Å². The van der Waals surface area contributed by atoms with E-state index in [1.165, 1.54) is 30.1 Å². The molecule has 1 amide bonds. The average molecular weight is 527 g/mol. The lowest BCUT2D eigenvalue weighted by molar-refractivity contribution is -0.112. The first-order chi connectivity index (χ1) is 18.5. The van der Waals surface area contributed by atoms with Crippen LogP contribution in [-0.4, -0.2) is 36.4 Å². The molecule has 192 valence electrons. The van der Waals surface area contributed by atoms with Crippen LogP contribution in [0.15, 0.2) is 72.3 Å². The Bertz CT molecular complexity index is 1490. The Morgan fingerprint density at radius 2 is 1.71 bits per heavy atom. The molecule has 8 nitrogen and oxygen atoms in total. The molecular formula is C29H26N4O4S. The second-order valence-corrected chi connectivity index (χ2v) is 9.26. The number of hydrogen-bond acceptors (Lipinski definition) is 8. The third-order valence-electron chi connectivity index (χ3n) is 5.46. The van der Waals surface area contributed by atoms with Gasteiger partial charge < -0.3 is 14.2 Å². The van der Waals surface area contributed by atoms with Crippen molar-refractivity contribution < 1.29 is 19.0 Å². The molecule has 0 saturated heterocycles. The van der Waals surface area contributed by atoms with Crippen LogP contribution in [0.2, 0.25) is 0 Å². The number of nitriles is 1. The molecule has 0 aliphatic rings. The van der Waals surface area contributed by atoms with E-state index in [2.05, 4.69) is 21.6 Å². The highest BCUT2D eigenvalue weighted by atomic mass is 32.1. The zero-order chi connectivity index (χ0) is 26.9. The topological polar surface area (TPSA) is 106 Å². The molecule has 0 aliphatic heterocycles. The quantitative estimate of drug-likeness (QED) is 0.157. The zero-order valence-corrected chi connectivity index (χ0v) is 22.0. The van der Waals surface area contributed by atoms with E-state index >= 15 is 0 Å². The minimum atomic E-state index is -0.578. The molecule has 1 N–H and O–H groups in total. The number of anilines is 1. The van der Waals surface area contributed by atoms with E-state index in [4.69, 9.17) is 14.2 Å². The van der Waals surface area contributed by atoms with Crippen molar-refractivity contribution in [2.24, 2.45) is 0 Å². The van der Waals surface area contributed by atoms with Crippen LogP contribution in [0.4, 0.5) is 5.13 Å². The van der Waals surface area contributed by atoms with Crippen LogP contribution in [0, 0.1) is 25.2 Å². The smallest absolute Gasteiger partial charge is 0.268 e. The number of aromatic nitrogens is 2. The van der Waals surface area contributed by atoms with Crippen molar-refractivity contribution in [1.29, 1.82) is 5.26 Å². The fourth-order valence-corrected chi connectivity index (χ4v) is 4.35. The molecule has 0 saturated carbocycles. The van der Waals surface area contributed by atoms with E-state index < -0.39 is 5.91 Å². The number of amides is 1. The summed E-state index contributed by atoms with van der Waals surface area (Å²) in [5.41, 5.74) is 3.67. The summed E-state index contributed by atoms with van der Waals surface area (Å²) in [4.78, 5) is 12.7. The van der Waals surface area contributed by atoms with Gasteiger partial charge in [0.05, 0.1) is 7.11 Å². The van der Waals surface area contributed by atoms with Gasteiger partial charge in [0.1, 0.15) is 35.6 Å². The summed E-state index contributed by atoms with van der Waals surface area (Å²) >= 11 is 1.23. The van der Waals surface area contributed by atoms with Crippen LogP contribution in [0.25, 0.3) is 16.6 Å². The average Bonchev–Trinajstić information content (AvgIpc) is 3.40. The van der Waals surface area contributed by atoms with Crippen LogP contribution in [0.1, 0.15) is 16.7 Å². The molecule has 0 fully saturated rings. The van der Waals surface area contributed by atoms with Gasteiger partial charge in [-0.25, -0.2) is 0 Å². The van der Waals surface area contributed by atoms with E-state index in [1.54, 1.807) is 18.2 Å². The molecule has 0 bridgehead atoms. The highest BCUT2D eigenvalue weighted by Crippen LogP contribution is 2.30. The number of benzene rings is 3. The maximum Gasteiger partial charge on any atom is 0.268 e. The zero-order valence-electron chi connectivity index (χ0n) is 21.2. The number of nitrogens with zero attached hydrogens (tertiary/aromatic N) is 3. The third kappa shape index (κ3) is 6.75. The standard InChI is InChI=1S/C29H26N4O4S/c1-19-9-11-24(20(2)15-19)36-13-14-37-25-12-10-21(17-26(25)35-3)16-23(18-30)27(34)31-29-33-32-28(38-29)22-7-5-4-6-8-22/h4-12,15-17H,13-14H2,1-3H3,(H,31,33,34)/b23-16-. The maximum absolute atomic E-state index is 12.7. The molecule has 1 aromatic heterocycles. The van der Waals surface area contributed by atoms with E-state index in [1.807, 2.05) is 62.4 Å². The Morgan fingerprint density at radius 1 is 0.974 bits per heavy atom. The molecule has 0 aliphatic carbocycles. The van der Waals surface area contributed by atoms with Crippen molar-refractivity contribution in [3.05, 3.63) is 89.0 Å². The van der Waals surface area contributed by atoms with Crippen molar-refractivity contribution in [3.63, 3.8) is 0 Å². The van der Waals surface area contributed by atoms with Crippen LogP contribution >= 0.6 is 11.3 Å². The van der Waals surface area contributed by atoms with Crippen molar-refractivity contribution in [3.8, 4) is 33.9 Å². The summed E-state index contributed by atoms with van der Waals surface area (Å²) in [5.74, 6) is 1.24. The SMILES string of the molecule is COc1cc(/C=C(/C#N)C(=O)Nc2nnc(-c3ccccc3)s2)ccc1OCCOc1ccc(C)cc1C. The maximum atomic E-state index is 12.7. The number of rotatable bonds is 10. The van der Waals surface area contributed by atoms with Crippen molar-refractivity contribution in [2.45, 2.75) is 13.8 Å². The number of nitrogens with one attached hydrogen (secondary N) is 1. The number of methoxy groups -OCH3 is 1. The van der Waals surface area contributed by atoms with Crippen LogP contribution in [0.5, 0.6) is 17.2 Å². The van der Waals surface area contributed by atoms with E-state index in [9.17, 15) is 10.1 Å². The fraction of sp³-hybridized carbons (Fsp3) is 0.172. The molecule has 0 spiro atoms. The first-order valence-electron chi connectivity index (χ1n) is 11.8. The number of aryl methyl sites for hydroxylation is 2. The lowest BCUT2D eigenvalue weighted by Gasteiger charge is -2.13. The van der Waals surface area contributed by atoms with Crippen LogP contribution < -0.4 is 19.5 Å². The highest BCUT2D eigenvalue weighted by Gasteiger charge is 2.14. The summed E-state index contributed by atoms with van der Waals surface area (Å²) in [5, 5.41) is 21.3. The minimum absolute atomic E-state index is 0.0842. The Hall–Kier alpha value is -4.68. The highest BCUT2D eigenvalue weighted by molar-refractivity contribution is 7.18. The second kappa shape index (κ2) is 12.5. The fourth-order valence-electron chi connectivity index (χ4n) is 3.61. The molecular weight excluding hydrogens is 500 g/mol. The molecule has 4 aromatic rings. The first-order valence-corrected chi connectivity index (χ1v) is 12.6. The molecule has 0 radical (unpaired) electrons. The minimum Gasteiger partial charge on any atom is -0.493 e. The first kappa shape index (κ1) is 26.4. The number of ether oxygens (including phenoxy) is 3. The van der Waals surface area contributed by atoms with E-state index in [-0.39, 0.29) is 5.57 Å². The van der Waals surface area contributed by atoms with E-state index in [0.717, 1.165) is 16.9 Å². The summed E-state index contributed by atoms with van der Waals surface area (Å²) < 4.78 is 17.1. The molecule has 0 unspecified atom stereocenters. The van der Waals surface area contributed by atoms with Crippen LogP contribution in [0.3, 0.4) is 0 Å². The van der Waals surface area contributed by atoms with Crippen molar-refractivity contribution >= 4 is 28.5 Å². The molecule has 9 heteroatoms. The van der Waals surface area contributed by atoms with Gasteiger partial charge in [0.15, 0.2) is 11.5 Å². The monoisotopic (exact) mass is 526 g/mol. The lowest BCUT2D eigenvalue weighted by Crippen LogP contribution is -2.13. The summed E-state index contributed by atoms with van der Waals surface area (Å²) in [7, 11) is 1.53. The van der Waals surface area contributed by atoms with Gasteiger partial charge >= 0.3 is 0 Å². The van der Waals surface area contributed by atoms with E-state index in [0.29, 0.717) is 40.4 Å². The summed E-state index contributed by atoms with van der Waals surface area (Å²) in [6, 6.07) is 22.7. The molecule has 4 rings (SSSR count). The molecule has 38 heavy (non-hydrogen) atoms. The second-order valence-electron chi connectivity index (χ2n) is 8.28. The van der Waals surface area contributed by atoms with Crippen molar-refractivity contribution in [2.75, 3.05) is 25.6 Å². The van der Waals surface area contributed by atoms with Gasteiger partial charge in [-0.05, 0) is 49.2 Å². The normalized spacial score (nSPS) is 10.9. The largest absolute Gasteiger partial charge is 0.493 e. The predicted molar refractivity (Wildman–Crippen MR) is 147 cm³/mol. The van der Waals surface area contributed by atoms with Gasteiger partial charge in [0.2, 0.25) is 5.13 Å². The van der Waals surface area contributed by atoms with Gasteiger partial charge in [-0.3, -0.25) is 10.1 Å². The Balaban J connectivity index is 1.38. The predicted octanol–water partition coefficient (Wildman–Crippen LogP) is 5.83. The third-order valence-corrected chi connectivity index (χ3v) is 6.35. The van der Waals surface area contributed by atoms with Gasteiger partial charge in [0, 0.05) is 5.56 Å². The van der Waals surface area contributed by atoms with Gasteiger partial charge in [-0.15, -0.1) is 10.2 Å². The number of hydrogen-bond donors (Lipinski definition) is 1. The Morgan fingerprint density at radius 3 is 2.42 bits per heavy atom. The summed E-state index contributed by atoms with van der Waals surface area (Å²) in [6.07, 6.45) is 1.48. The summed E-state index contributed by atoms with van der Waals surface area (Å²) in [6.45, 7) is 4.73. The van der Waals surface area contributed by atoms with Gasteiger partial charge in [-0.2, -0.15) is 5.26 Å². The van der Waals surface area contributed by atoms with Crippen molar-refractivity contribution in [1.82, 2.24) is 10.2 Å². The number of carbonyl (C=O) groups excluding carboxylic acids is 1. The lowest BCUT2D eigenvalue weighted by atomic mass is 10.1. The Kier molecular flexibility index (Phi) is 8.69.